The molecule has 0 aromatic rings. The highest BCUT2D eigenvalue weighted by Crippen LogP contribution is 2.15. The van der Waals surface area contributed by atoms with Crippen LogP contribution in [0.15, 0.2) is 4.99 Å². The van der Waals surface area contributed by atoms with E-state index in [1.165, 1.54) is 12.8 Å². The smallest absolute Gasteiger partial charge is 0.193 e. The van der Waals surface area contributed by atoms with E-state index in [2.05, 4.69) is 24.1 Å². The molecule has 0 spiro atoms. The molecule has 2 aliphatic heterocycles. The maximum Gasteiger partial charge on any atom is 0.193 e. The average Bonchev–Trinajstić information content (AvgIpc) is 3.03. The van der Waals surface area contributed by atoms with Gasteiger partial charge in [0.15, 0.2) is 5.96 Å². The number of likely N-dealkylation sites (tertiary alicyclic amines) is 1. The standard InChI is InChI=1S/C17H33N3O2/c1-3-18-17(20-9-4-6-15(2)12-20)19-8-5-10-21-13-16-7-11-22-14-16/h15-16H,3-14H2,1-2H3,(H,18,19). The van der Waals surface area contributed by atoms with Crippen LogP contribution in [0.4, 0.5) is 0 Å². The van der Waals surface area contributed by atoms with Crippen molar-refractivity contribution in [1.29, 1.82) is 0 Å². The van der Waals surface area contributed by atoms with E-state index in [0.29, 0.717) is 5.92 Å². The average molecular weight is 311 g/mol. The van der Waals surface area contributed by atoms with Gasteiger partial charge in [-0.3, -0.25) is 4.99 Å². The molecule has 2 fully saturated rings. The number of hydrogen-bond donors (Lipinski definition) is 1. The van der Waals surface area contributed by atoms with Crippen LogP contribution in [0, 0.1) is 11.8 Å². The zero-order valence-electron chi connectivity index (χ0n) is 14.4. The first-order valence-corrected chi connectivity index (χ1v) is 8.98. The Kier molecular flexibility index (Phi) is 8.02. The predicted molar refractivity (Wildman–Crippen MR) is 90.3 cm³/mol. The van der Waals surface area contributed by atoms with Gasteiger partial charge in [0.1, 0.15) is 0 Å². The number of nitrogens with zero attached hydrogens (tertiary/aromatic N) is 2. The monoisotopic (exact) mass is 311 g/mol. The van der Waals surface area contributed by atoms with E-state index in [9.17, 15) is 0 Å². The summed E-state index contributed by atoms with van der Waals surface area (Å²) in [5.41, 5.74) is 0. The quantitative estimate of drug-likeness (QED) is 0.444. The fourth-order valence-corrected chi connectivity index (χ4v) is 3.12. The number of guanidine groups is 1. The van der Waals surface area contributed by atoms with Crippen LogP contribution in [0.5, 0.6) is 0 Å². The van der Waals surface area contributed by atoms with Crippen molar-refractivity contribution >= 4 is 5.96 Å². The summed E-state index contributed by atoms with van der Waals surface area (Å²) in [5.74, 6) is 2.46. The fourth-order valence-electron chi connectivity index (χ4n) is 3.12. The van der Waals surface area contributed by atoms with Gasteiger partial charge >= 0.3 is 0 Å². The highest BCUT2D eigenvalue weighted by molar-refractivity contribution is 5.80. The summed E-state index contributed by atoms with van der Waals surface area (Å²) in [4.78, 5) is 7.18. The maximum atomic E-state index is 5.74. The highest BCUT2D eigenvalue weighted by Gasteiger charge is 2.19. The van der Waals surface area contributed by atoms with E-state index in [4.69, 9.17) is 14.5 Å². The lowest BCUT2D eigenvalue weighted by atomic mass is 10.0. The molecular formula is C17H33N3O2. The molecular weight excluding hydrogens is 278 g/mol. The van der Waals surface area contributed by atoms with Gasteiger partial charge in [0.05, 0.1) is 13.2 Å². The first-order valence-electron chi connectivity index (χ1n) is 8.98. The van der Waals surface area contributed by atoms with Gasteiger partial charge in [-0.25, -0.2) is 0 Å². The summed E-state index contributed by atoms with van der Waals surface area (Å²) in [6, 6.07) is 0. The third-order valence-corrected chi connectivity index (χ3v) is 4.38. The first-order chi connectivity index (χ1) is 10.8. The van der Waals surface area contributed by atoms with E-state index >= 15 is 0 Å². The van der Waals surface area contributed by atoms with Crippen LogP contribution in [0.2, 0.25) is 0 Å². The summed E-state index contributed by atoms with van der Waals surface area (Å²) in [6.07, 6.45) is 4.76. The SMILES string of the molecule is CCNC(=NCCCOCC1CCOC1)N1CCCC(C)C1. The molecule has 2 unspecified atom stereocenters. The van der Waals surface area contributed by atoms with Gasteiger partial charge in [0.2, 0.25) is 0 Å². The van der Waals surface area contributed by atoms with Crippen LogP contribution in [0.25, 0.3) is 0 Å². The molecule has 0 aromatic carbocycles. The molecule has 128 valence electrons. The Balaban J connectivity index is 1.63. The molecule has 0 aromatic heterocycles. The molecule has 0 radical (unpaired) electrons. The Morgan fingerprint density at radius 2 is 2.32 bits per heavy atom. The third kappa shape index (κ3) is 6.13. The van der Waals surface area contributed by atoms with Gasteiger partial charge in [0, 0.05) is 45.3 Å². The van der Waals surface area contributed by atoms with Gasteiger partial charge in [-0.15, -0.1) is 0 Å². The van der Waals surface area contributed by atoms with E-state index in [-0.39, 0.29) is 0 Å². The minimum absolute atomic E-state index is 0.607. The number of ether oxygens (including phenoxy) is 2. The zero-order valence-corrected chi connectivity index (χ0v) is 14.4. The van der Waals surface area contributed by atoms with Gasteiger partial charge < -0.3 is 19.7 Å². The van der Waals surface area contributed by atoms with Crippen molar-refractivity contribution in [2.24, 2.45) is 16.8 Å². The molecule has 2 rings (SSSR count). The second-order valence-corrected chi connectivity index (χ2v) is 6.59. The van der Waals surface area contributed by atoms with Gasteiger partial charge in [-0.1, -0.05) is 6.92 Å². The highest BCUT2D eigenvalue weighted by atomic mass is 16.5. The number of piperidine rings is 1. The molecule has 2 saturated heterocycles. The number of nitrogens with one attached hydrogen (secondary N) is 1. The summed E-state index contributed by atoms with van der Waals surface area (Å²) in [6.45, 7) is 11.9. The molecule has 2 heterocycles. The van der Waals surface area contributed by atoms with Crippen molar-refractivity contribution in [2.75, 3.05) is 52.6 Å². The Hall–Kier alpha value is -0.810. The van der Waals surface area contributed by atoms with Gasteiger partial charge in [-0.2, -0.15) is 0 Å². The largest absolute Gasteiger partial charge is 0.381 e. The minimum atomic E-state index is 0.607. The molecule has 2 atom stereocenters. The van der Waals surface area contributed by atoms with Crippen molar-refractivity contribution < 1.29 is 9.47 Å². The Labute approximate surface area is 135 Å². The van der Waals surface area contributed by atoms with E-state index < -0.39 is 0 Å². The van der Waals surface area contributed by atoms with Gasteiger partial charge in [0.25, 0.3) is 0 Å². The lowest BCUT2D eigenvalue weighted by Gasteiger charge is -2.33. The molecule has 2 aliphatic rings. The molecule has 0 bridgehead atoms. The minimum Gasteiger partial charge on any atom is -0.381 e. The van der Waals surface area contributed by atoms with Crippen LogP contribution < -0.4 is 5.32 Å². The first kappa shape index (κ1) is 17.5. The number of hydrogen-bond acceptors (Lipinski definition) is 3. The van der Waals surface area contributed by atoms with E-state index in [1.807, 2.05) is 0 Å². The van der Waals surface area contributed by atoms with Crippen molar-refractivity contribution in [3.8, 4) is 0 Å². The molecule has 22 heavy (non-hydrogen) atoms. The Morgan fingerprint density at radius 1 is 1.41 bits per heavy atom. The molecule has 0 aliphatic carbocycles. The van der Waals surface area contributed by atoms with Crippen LogP contribution in [-0.4, -0.2) is 63.5 Å². The molecule has 1 N–H and O–H groups in total. The normalized spacial score (nSPS) is 26.5. The second-order valence-electron chi connectivity index (χ2n) is 6.59. The van der Waals surface area contributed by atoms with E-state index in [1.54, 1.807) is 0 Å². The molecule has 0 amide bonds. The Morgan fingerprint density at radius 3 is 3.05 bits per heavy atom. The van der Waals surface area contributed by atoms with Crippen molar-refractivity contribution in [1.82, 2.24) is 10.2 Å². The summed E-state index contributed by atoms with van der Waals surface area (Å²) >= 11 is 0. The van der Waals surface area contributed by atoms with Crippen molar-refractivity contribution in [3.05, 3.63) is 0 Å². The van der Waals surface area contributed by atoms with Gasteiger partial charge in [-0.05, 0) is 38.5 Å². The summed E-state index contributed by atoms with van der Waals surface area (Å²) in [7, 11) is 0. The topological polar surface area (TPSA) is 46.1 Å². The predicted octanol–water partition coefficient (Wildman–Crippen LogP) is 2.13. The molecule has 5 nitrogen and oxygen atoms in total. The second kappa shape index (κ2) is 10.1. The maximum absolute atomic E-state index is 5.74. The van der Waals surface area contributed by atoms with Crippen LogP contribution >= 0.6 is 0 Å². The molecule has 5 heteroatoms. The van der Waals surface area contributed by atoms with E-state index in [0.717, 1.165) is 77.3 Å². The van der Waals surface area contributed by atoms with Crippen LogP contribution in [-0.2, 0) is 9.47 Å². The molecule has 0 saturated carbocycles. The number of aliphatic imine (C=N–C) groups is 1. The lowest BCUT2D eigenvalue weighted by molar-refractivity contribution is 0.0892. The Bertz CT molecular complexity index is 330. The van der Waals surface area contributed by atoms with Crippen LogP contribution in [0.1, 0.15) is 39.5 Å². The summed E-state index contributed by atoms with van der Waals surface area (Å²) < 4.78 is 11.1. The lowest BCUT2D eigenvalue weighted by Crippen LogP contribution is -2.46. The fraction of sp³-hybridized carbons (Fsp3) is 0.941. The summed E-state index contributed by atoms with van der Waals surface area (Å²) in [5, 5.41) is 3.43. The zero-order chi connectivity index (χ0) is 15.6. The van der Waals surface area contributed by atoms with Crippen LogP contribution in [0.3, 0.4) is 0 Å². The number of rotatable bonds is 7. The van der Waals surface area contributed by atoms with Crippen molar-refractivity contribution in [2.45, 2.75) is 39.5 Å². The third-order valence-electron chi connectivity index (χ3n) is 4.38. The van der Waals surface area contributed by atoms with Crippen molar-refractivity contribution in [3.63, 3.8) is 0 Å².